The lowest BCUT2D eigenvalue weighted by atomic mass is 9.97. The molecule has 1 aliphatic carbocycles. The third-order valence-corrected chi connectivity index (χ3v) is 4.38. The minimum Gasteiger partial charge on any atom is -0.355 e. The topological polar surface area (TPSA) is 41.1 Å². The molecule has 1 aromatic carbocycles. The van der Waals surface area contributed by atoms with Crippen LogP contribution < -0.4 is 10.6 Å². The molecular formula is C19H28N2O. The summed E-state index contributed by atoms with van der Waals surface area (Å²) in [6, 6.07) is 8.48. The second kappa shape index (κ2) is 8.74. The van der Waals surface area contributed by atoms with E-state index < -0.39 is 0 Å². The summed E-state index contributed by atoms with van der Waals surface area (Å²) in [5.74, 6) is 0.0804. The third kappa shape index (κ3) is 5.30. The molecule has 0 saturated heterocycles. The first-order valence-corrected chi connectivity index (χ1v) is 8.40. The molecule has 2 rings (SSSR count). The molecule has 0 fully saturated rings. The SMILES string of the molecule is Cc1ccccc1C(C)NCC(=O)NCCC1=CCCCC1. The van der Waals surface area contributed by atoms with Gasteiger partial charge in [-0.05, 0) is 57.1 Å². The van der Waals surface area contributed by atoms with Crippen molar-refractivity contribution in [3.8, 4) is 0 Å². The van der Waals surface area contributed by atoms with Crippen molar-refractivity contribution in [2.24, 2.45) is 0 Å². The first-order chi connectivity index (χ1) is 10.7. The van der Waals surface area contributed by atoms with E-state index in [2.05, 4.69) is 42.7 Å². The van der Waals surface area contributed by atoms with Crippen molar-refractivity contribution in [3.05, 3.63) is 47.0 Å². The van der Waals surface area contributed by atoms with E-state index in [9.17, 15) is 4.79 Å². The standard InChI is InChI=1S/C19H28N2O/c1-15-8-6-7-11-18(15)16(2)21-14-19(22)20-13-12-17-9-4-3-5-10-17/h6-9,11,16,21H,3-5,10,12-14H2,1-2H3,(H,20,22). The lowest BCUT2D eigenvalue weighted by molar-refractivity contribution is -0.120. The quantitative estimate of drug-likeness (QED) is 0.755. The molecule has 1 amide bonds. The highest BCUT2D eigenvalue weighted by Gasteiger charge is 2.09. The van der Waals surface area contributed by atoms with Crippen LogP contribution in [0.4, 0.5) is 0 Å². The van der Waals surface area contributed by atoms with E-state index in [1.165, 1.54) is 42.4 Å². The summed E-state index contributed by atoms with van der Waals surface area (Å²) in [7, 11) is 0. The minimum atomic E-state index is 0.0804. The predicted octanol–water partition coefficient (Wildman–Crippen LogP) is 3.65. The maximum atomic E-state index is 11.9. The normalized spacial score (nSPS) is 16.0. The lowest BCUT2D eigenvalue weighted by Gasteiger charge is -2.17. The highest BCUT2D eigenvalue weighted by molar-refractivity contribution is 5.78. The molecular weight excluding hydrogens is 272 g/mol. The van der Waals surface area contributed by atoms with E-state index >= 15 is 0 Å². The fourth-order valence-corrected chi connectivity index (χ4v) is 2.99. The Morgan fingerprint density at radius 2 is 2.09 bits per heavy atom. The fourth-order valence-electron chi connectivity index (χ4n) is 2.99. The van der Waals surface area contributed by atoms with Crippen molar-refractivity contribution in [2.75, 3.05) is 13.1 Å². The van der Waals surface area contributed by atoms with Crippen molar-refractivity contribution >= 4 is 5.91 Å². The number of hydrogen-bond donors (Lipinski definition) is 2. The van der Waals surface area contributed by atoms with Gasteiger partial charge in [0.2, 0.25) is 5.91 Å². The molecule has 2 N–H and O–H groups in total. The summed E-state index contributed by atoms with van der Waals surface area (Å²) in [6.07, 6.45) is 8.37. The number of benzene rings is 1. The van der Waals surface area contributed by atoms with Gasteiger partial charge in [-0.3, -0.25) is 4.79 Å². The van der Waals surface area contributed by atoms with Gasteiger partial charge in [-0.2, -0.15) is 0 Å². The van der Waals surface area contributed by atoms with Gasteiger partial charge in [0.05, 0.1) is 6.54 Å². The summed E-state index contributed by atoms with van der Waals surface area (Å²) in [6.45, 7) is 5.33. The highest BCUT2D eigenvalue weighted by Crippen LogP contribution is 2.19. The van der Waals surface area contributed by atoms with Gasteiger partial charge >= 0.3 is 0 Å². The minimum absolute atomic E-state index is 0.0804. The summed E-state index contributed by atoms with van der Waals surface area (Å²) in [5, 5.41) is 6.31. The number of amides is 1. The Bertz CT molecular complexity index is 522. The number of rotatable bonds is 7. The first kappa shape index (κ1) is 16.8. The number of aryl methyl sites for hydroxylation is 1. The summed E-state index contributed by atoms with van der Waals surface area (Å²) < 4.78 is 0. The molecule has 0 bridgehead atoms. The largest absolute Gasteiger partial charge is 0.355 e. The van der Waals surface area contributed by atoms with Crippen molar-refractivity contribution in [3.63, 3.8) is 0 Å². The summed E-state index contributed by atoms with van der Waals surface area (Å²) in [5.41, 5.74) is 4.02. The zero-order chi connectivity index (χ0) is 15.8. The molecule has 120 valence electrons. The van der Waals surface area contributed by atoms with Gasteiger partial charge in [0.1, 0.15) is 0 Å². The van der Waals surface area contributed by atoms with Gasteiger partial charge in [-0.15, -0.1) is 0 Å². The van der Waals surface area contributed by atoms with Crippen LogP contribution in [0.2, 0.25) is 0 Å². The number of nitrogens with one attached hydrogen (secondary N) is 2. The van der Waals surface area contributed by atoms with E-state index in [0.29, 0.717) is 6.54 Å². The monoisotopic (exact) mass is 300 g/mol. The van der Waals surface area contributed by atoms with Crippen LogP contribution in [-0.2, 0) is 4.79 Å². The molecule has 0 heterocycles. The van der Waals surface area contributed by atoms with Gasteiger partial charge < -0.3 is 10.6 Å². The van der Waals surface area contributed by atoms with Crippen LogP contribution in [-0.4, -0.2) is 19.0 Å². The zero-order valence-electron chi connectivity index (χ0n) is 13.8. The van der Waals surface area contributed by atoms with E-state index in [-0.39, 0.29) is 11.9 Å². The number of carbonyl (C=O) groups excluding carboxylic acids is 1. The van der Waals surface area contributed by atoms with Crippen LogP contribution in [0.3, 0.4) is 0 Å². The maximum absolute atomic E-state index is 11.9. The molecule has 1 aromatic rings. The molecule has 3 nitrogen and oxygen atoms in total. The maximum Gasteiger partial charge on any atom is 0.233 e. The number of allylic oxidation sites excluding steroid dienone is 1. The average molecular weight is 300 g/mol. The summed E-state index contributed by atoms with van der Waals surface area (Å²) >= 11 is 0. The second-order valence-corrected chi connectivity index (χ2v) is 6.17. The van der Waals surface area contributed by atoms with Gasteiger partial charge in [-0.25, -0.2) is 0 Å². The molecule has 1 aliphatic rings. The Kier molecular flexibility index (Phi) is 6.66. The van der Waals surface area contributed by atoms with Crippen molar-refractivity contribution in [2.45, 2.75) is 52.0 Å². The number of hydrogen-bond acceptors (Lipinski definition) is 2. The molecule has 1 unspecified atom stereocenters. The Labute approximate surface area is 134 Å². The van der Waals surface area contributed by atoms with Crippen molar-refractivity contribution in [1.82, 2.24) is 10.6 Å². The van der Waals surface area contributed by atoms with Crippen LogP contribution in [0.15, 0.2) is 35.9 Å². The van der Waals surface area contributed by atoms with Crippen LogP contribution >= 0.6 is 0 Å². The fraction of sp³-hybridized carbons (Fsp3) is 0.526. The van der Waals surface area contributed by atoms with E-state index in [1.807, 2.05) is 12.1 Å². The molecule has 0 aliphatic heterocycles. The van der Waals surface area contributed by atoms with Gasteiger partial charge in [0, 0.05) is 12.6 Å². The highest BCUT2D eigenvalue weighted by atomic mass is 16.1. The Morgan fingerprint density at radius 3 is 2.82 bits per heavy atom. The van der Waals surface area contributed by atoms with Crippen LogP contribution in [0, 0.1) is 6.92 Å². The smallest absolute Gasteiger partial charge is 0.233 e. The lowest BCUT2D eigenvalue weighted by Crippen LogP contribution is -2.35. The Morgan fingerprint density at radius 1 is 1.27 bits per heavy atom. The molecule has 1 atom stereocenters. The summed E-state index contributed by atoms with van der Waals surface area (Å²) in [4.78, 5) is 11.9. The zero-order valence-corrected chi connectivity index (χ0v) is 13.8. The van der Waals surface area contributed by atoms with E-state index in [0.717, 1.165) is 13.0 Å². The number of carbonyl (C=O) groups is 1. The first-order valence-electron chi connectivity index (χ1n) is 8.40. The molecule has 22 heavy (non-hydrogen) atoms. The van der Waals surface area contributed by atoms with Gasteiger partial charge in [0.25, 0.3) is 0 Å². The van der Waals surface area contributed by atoms with Gasteiger partial charge in [0.15, 0.2) is 0 Å². The average Bonchev–Trinajstić information content (AvgIpc) is 2.54. The molecule has 0 radical (unpaired) electrons. The molecule has 3 heteroatoms. The Hall–Kier alpha value is -1.61. The molecule has 0 saturated carbocycles. The van der Waals surface area contributed by atoms with Crippen LogP contribution in [0.25, 0.3) is 0 Å². The predicted molar refractivity (Wildman–Crippen MR) is 91.8 cm³/mol. The Balaban J connectivity index is 1.67. The van der Waals surface area contributed by atoms with Crippen molar-refractivity contribution in [1.29, 1.82) is 0 Å². The van der Waals surface area contributed by atoms with Crippen LogP contribution in [0.5, 0.6) is 0 Å². The van der Waals surface area contributed by atoms with Crippen LogP contribution in [0.1, 0.15) is 56.2 Å². The van der Waals surface area contributed by atoms with E-state index in [4.69, 9.17) is 0 Å². The third-order valence-electron chi connectivity index (χ3n) is 4.38. The molecule has 0 spiro atoms. The van der Waals surface area contributed by atoms with Gasteiger partial charge in [-0.1, -0.05) is 35.9 Å². The van der Waals surface area contributed by atoms with Crippen molar-refractivity contribution < 1.29 is 4.79 Å². The van der Waals surface area contributed by atoms with E-state index in [1.54, 1.807) is 0 Å². The molecule has 0 aromatic heterocycles. The second-order valence-electron chi connectivity index (χ2n) is 6.17.